The Balaban J connectivity index is 1.17. The van der Waals surface area contributed by atoms with E-state index >= 15 is 0 Å². The number of alkyl halides is 3. The number of ether oxygens (including phenoxy) is 2. The van der Waals surface area contributed by atoms with Gasteiger partial charge in [-0.25, -0.2) is 4.98 Å². The first kappa shape index (κ1) is 33.4. The van der Waals surface area contributed by atoms with E-state index in [0.29, 0.717) is 67.5 Å². The Morgan fingerprint density at radius 3 is 2.44 bits per heavy atom. The minimum atomic E-state index is -4.56. The van der Waals surface area contributed by atoms with E-state index in [-0.39, 0.29) is 35.2 Å². The number of benzene rings is 2. The van der Waals surface area contributed by atoms with Gasteiger partial charge >= 0.3 is 6.18 Å². The van der Waals surface area contributed by atoms with Crippen molar-refractivity contribution in [2.24, 2.45) is 5.41 Å². The van der Waals surface area contributed by atoms with Crippen molar-refractivity contribution in [3.63, 3.8) is 0 Å². The number of hydrogen-bond donors (Lipinski definition) is 1. The molecule has 0 atom stereocenters. The van der Waals surface area contributed by atoms with Crippen molar-refractivity contribution in [1.29, 1.82) is 0 Å². The predicted octanol–water partition coefficient (Wildman–Crippen LogP) is 5.43. The third-order valence-electron chi connectivity index (χ3n) is 11.6. The molecule has 5 aliphatic rings. The summed E-state index contributed by atoms with van der Waals surface area (Å²) in [5, 5.41) is 8.84. The number of nitrogens with one attached hydrogen (secondary N) is 1. The predicted molar refractivity (Wildman–Crippen MR) is 192 cm³/mol. The summed E-state index contributed by atoms with van der Waals surface area (Å²) < 4.78 is 54.4. The molecule has 5 fully saturated rings. The number of likely N-dealkylation sites (tertiary alicyclic amines) is 2. The smallest absolute Gasteiger partial charge is 0.422 e. The first-order valence-electron chi connectivity index (χ1n) is 18.2. The van der Waals surface area contributed by atoms with E-state index in [1.165, 1.54) is 6.08 Å². The number of hydrogen-bond acceptors (Lipinski definition) is 9. The Bertz CT molecular complexity index is 2050. The van der Waals surface area contributed by atoms with Crippen molar-refractivity contribution >= 4 is 39.5 Å². The van der Waals surface area contributed by atoms with E-state index < -0.39 is 12.8 Å². The second-order valence-corrected chi connectivity index (χ2v) is 15.6. The van der Waals surface area contributed by atoms with Gasteiger partial charge in [0.1, 0.15) is 11.3 Å². The normalized spacial score (nSPS) is 21.1. The molecule has 1 saturated carbocycles. The molecule has 1 spiro atoms. The van der Waals surface area contributed by atoms with Gasteiger partial charge in [0.05, 0.1) is 23.9 Å². The second-order valence-electron chi connectivity index (χ2n) is 15.6. The summed E-state index contributed by atoms with van der Waals surface area (Å²) >= 11 is 0. The Hall–Kier alpha value is -4.43. The molecule has 0 unspecified atom stereocenters. The van der Waals surface area contributed by atoms with Crippen LogP contribution in [0.15, 0.2) is 37.1 Å². The number of aryl methyl sites for hydroxylation is 1. The number of fused-ring (bicyclic) bond motifs is 2. The number of aromatic nitrogens is 4. The summed E-state index contributed by atoms with van der Waals surface area (Å²) in [6, 6.07) is 6.03. The Labute approximate surface area is 299 Å². The van der Waals surface area contributed by atoms with Gasteiger partial charge in [-0.15, -0.1) is 0 Å². The fraction of sp³-hybridized carbons (Fsp3) is 0.526. The minimum absolute atomic E-state index is 0.0335. The largest absolute Gasteiger partial charge is 0.481 e. The van der Waals surface area contributed by atoms with Crippen molar-refractivity contribution < 1.29 is 27.4 Å². The fourth-order valence-corrected chi connectivity index (χ4v) is 8.58. The molecule has 2 aromatic heterocycles. The molecule has 0 bridgehead atoms. The molecule has 4 aromatic rings. The molecule has 52 heavy (non-hydrogen) atoms. The quantitative estimate of drug-likeness (QED) is 0.227. The van der Waals surface area contributed by atoms with E-state index in [2.05, 4.69) is 44.6 Å². The van der Waals surface area contributed by atoms with Crippen molar-refractivity contribution in [3.05, 3.63) is 48.2 Å². The highest BCUT2D eigenvalue weighted by molar-refractivity contribution is 6.06. The maximum absolute atomic E-state index is 14.1. The van der Waals surface area contributed by atoms with Crippen LogP contribution >= 0.6 is 0 Å². The minimum Gasteiger partial charge on any atom is -0.481 e. The Morgan fingerprint density at radius 1 is 1.04 bits per heavy atom. The van der Waals surface area contributed by atoms with Crippen LogP contribution < -0.4 is 14.5 Å². The van der Waals surface area contributed by atoms with Gasteiger partial charge in [0.15, 0.2) is 12.4 Å². The van der Waals surface area contributed by atoms with Gasteiger partial charge in [-0.1, -0.05) is 12.6 Å². The van der Waals surface area contributed by atoms with Gasteiger partial charge in [-0.2, -0.15) is 23.3 Å². The Morgan fingerprint density at radius 2 is 1.77 bits per heavy atom. The van der Waals surface area contributed by atoms with Crippen LogP contribution in [0, 0.1) is 12.3 Å². The number of halogens is 3. The first-order chi connectivity index (χ1) is 25.0. The number of carbonyl (C=O) groups is 1. The number of piperidine rings is 1. The summed E-state index contributed by atoms with van der Waals surface area (Å²) in [6.45, 7) is 9.98. The number of H-pyrrole nitrogens is 1. The third-order valence-corrected chi connectivity index (χ3v) is 11.6. The molecule has 2 aromatic carbocycles. The van der Waals surface area contributed by atoms with Gasteiger partial charge in [-0.05, 0) is 80.5 Å². The summed E-state index contributed by atoms with van der Waals surface area (Å²) in [6.07, 6.45) is 2.39. The molecule has 4 saturated heterocycles. The zero-order chi connectivity index (χ0) is 35.9. The molecule has 11 nitrogen and oxygen atoms in total. The van der Waals surface area contributed by atoms with E-state index in [1.54, 1.807) is 6.20 Å². The maximum atomic E-state index is 14.1. The molecule has 1 aliphatic carbocycles. The lowest BCUT2D eigenvalue weighted by Crippen LogP contribution is -2.61. The lowest BCUT2D eigenvalue weighted by atomic mass is 9.72. The average Bonchev–Trinajstić information content (AvgIpc) is 3.81. The van der Waals surface area contributed by atoms with Gasteiger partial charge in [0, 0.05) is 74.1 Å². The van der Waals surface area contributed by atoms with Gasteiger partial charge < -0.3 is 29.1 Å². The average molecular weight is 717 g/mol. The molecule has 0 radical (unpaired) electrons. The monoisotopic (exact) mass is 716 g/mol. The topological polar surface area (TPSA) is 103 Å². The number of amides is 1. The van der Waals surface area contributed by atoms with Crippen molar-refractivity contribution in [3.8, 4) is 16.9 Å². The fourth-order valence-electron chi connectivity index (χ4n) is 8.58. The summed E-state index contributed by atoms with van der Waals surface area (Å²) in [7, 11) is 2.07. The highest BCUT2D eigenvalue weighted by atomic mass is 19.4. The number of likely N-dealkylation sites (N-methyl/N-ethyl adjacent to an activating group) is 1. The highest BCUT2D eigenvalue weighted by Gasteiger charge is 2.47. The first-order valence-corrected chi connectivity index (χ1v) is 18.2. The van der Waals surface area contributed by atoms with Crippen LogP contribution in [-0.2, 0) is 9.53 Å². The Kier molecular flexibility index (Phi) is 7.92. The van der Waals surface area contributed by atoms with E-state index in [9.17, 15) is 18.0 Å². The molecule has 6 heterocycles. The molecule has 14 heteroatoms. The van der Waals surface area contributed by atoms with Gasteiger partial charge in [-0.3, -0.25) is 9.89 Å². The van der Waals surface area contributed by atoms with Gasteiger partial charge in [0.25, 0.3) is 0 Å². The number of anilines is 2. The van der Waals surface area contributed by atoms with E-state index in [1.807, 2.05) is 24.0 Å². The second kappa shape index (κ2) is 12.3. The van der Waals surface area contributed by atoms with Gasteiger partial charge in [0.2, 0.25) is 11.9 Å². The lowest BCUT2D eigenvalue weighted by molar-refractivity contribution is -0.153. The maximum Gasteiger partial charge on any atom is 0.422 e. The van der Waals surface area contributed by atoms with E-state index in [4.69, 9.17) is 19.4 Å². The van der Waals surface area contributed by atoms with Crippen LogP contribution in [0.3, 0.4) is 0 Å². The SMILES string of the molecule is C=CC(=O)N1CC2(CCN(c3nc(N4CC(OC5CN(C)C5)C4)nc4c(OCC(F)(F)F)c(-c5c(C)ccc6[nH]ncc56)c(C5CC5)cc34)CC2)C1. The van der Waals surface area contributed by atoms with Crippen LogP contribution in [0.2, 0.25) is 0 Å². The highest BCUT2D eigenvalue weighted by Crippen LogP contribution is 2.53. The number of rotatable bonds is 9. The molecule has 1 N–H and O–H groups in total. The molecule has 274 valence electrons. The van der Waals surface area contributed by atoms with Crippen LogP contribution in [0.5, 0.6) is 5.75 Å². The molecule has 4 aliphatic heterocycles. The molecular weight excluding hydrogens is 673 g/mol. The molecular formula is C38H43F3N8O3. The van der Waals surface area contributed by atoms with Crippen molar-refractivity contribution in [2.75, 3.05) is 75.8 Å². The van der Waals surface area contributed by atoms with Crippen LogP contribution in [0.1, 0.15) is 42.7 Å². The summed E-state index contributed by atoms with van der Waals surface area (Å²) in [5.41, 5.74) is 4.54. The number of nitrogens with zero attached hydrogens (tertiary/aromatic N) is 7. The van der Waals surface area contributed by atoms with Crippen molar-refractivity contribution in [2.45, 2.75) is 56.9 Å². The van der Waals surface area contributed by atoms with Crippen LogP contribution in [0.4, 0.5) is 24.9 Å². The van der Waals surface area contributed by atoms with Crippen molar-refractivity contribution in [1.82, 2.24) is 30.0 Å². The standard InChI is InChI=1S/C38H43F3N8O3/c1-4-30(50)49-19-37(20-49)9-11-47(12-10-37)35-27-13-26(23-6-7-23)32(31-22(2)5-8-29-28(31)14-42-45-29)34(51-21-38(39,40)41)33(27)43-36(44-35)48-17-25(18-48)52-24-15-46(3)16-24/h4-5,8,13-14,23-25H,1,6-7,9-12,15-21H2,2-3H3,(H,42,45). The number of carbonyl (C=O) groups excluding carboxylic acids is 1. The molecule has 1 amide bonds. The third kappa shape index (κ3) is 5.93. The zero-order valence-electron chi connectivity index (χ0n) is 29.5. The van der Waals surface area contributed by atoms with Crippen LogP contribution in [-0.4, -0.2) is 120 Å². The molecule has 9 rings (SSSR count). The lowest BCUT2D eigenvalue weighted by Gasteiger charge is -2.54. The summed E-state index contributed by atoms with van der Waals surface area (Å²) in [4.78, 5) is 30.8. The zero-order valence-corrected chi connectivity index (χ0v) is 29.5. The van der Waals surface area contributed by atoms with Crippen LogP contribution in [0.25, 0.3) is 32.9 Å². The summed E-state index contributed by atoms with van der Waals surface area (Å²) in [5.74, 6) is 1.43. The number of aromatic amines is 1. The van der Waals surface area contributed by atoms with E-state index in [0.717, 1.165) is 66.4 Å².